The summed E-state index contributed by atoms with van der Waals surface area (Å²) in [5.74, 6) is 0.557. The molecule has 0 amide bonds. The Bertz CT molecular complexity index is 1050. The Hall–Kier alpha value is -3.72. The SMILES string of the molecule is N=C(c1ccccc1)N(C(=N)c1ccccc1)c1cccc2ccccc12. The fourth-order valence-electron chi connectivity index (χ4n) is 3.21. The number of hydrogen-bond donors (Lipinski definition) is 2. The molecule has 0 unspecified atom stereocenters. The molecule has 0 aromatic heterocycles. The van der Waals surface area contributed by atoms with Gasteiger partial charge < -0.3 is 0 Å². The first-order valence-corrected chi connectivity index (χ1v) is 8.81. The number of anilines is 1. The van der Waals surface area contributed by atoms with E-state index in [9.17, 15) is 0 Å². The molecule has 0 fully saturated rings. The van der Waals surface area contributed by atoms with E-state index in [1.807, 2.05) is 91.0 Å². The summed E-state index contributed by atoms with van der Waals surface area (Å²) in [6.45, 7) is 0. The molecule has 0 atom stereocenters. The van der Waals surface area contributed by atoms with E-state index in [4.69, 9.17) is 10.8 Å². The molecule has 0 aliphatic rings. The van der Waals surface area contributed by atoms with Crippen LogP contribution in [0, 0.1) is 10.8 Å². The minimum Gasteiger partial charge on any atom is -0.284 e. The Morgan fingerprint density at radius 1 is 0.519 bits per heavy atom. The van der Waals surface area contributed by atoms with Crippen molar-refractivity contribution in [2.45, 2.75) is 0 Å². The zero-order valence-corrected chi connectivity index (χ0v) is 14.8. The second-order valence-electron chi connectivity index (χ2n) is 6.26. The topological polar surface area (TPSA) is 50.9 Å². The van der Waals surface area contributed by atoms with Gasteiger partial charge in [0.15, 0.2) is 0 Å². The minimum atomic E-state index is 0.279. The lowest BCUT2D eigenvalue weighted by Gasteiger charge is -2.27. The first kappa shape index (κ1) is 16.7. The molecule has 3 nitrogen and oxygen atoms in total. The number of hydrogen-bond acceptors (Lipinski definition) is 2. The van der Waals surface area contributed by atoms with Gasteiger partial charge in [0.1, 0.15) is 11.7 Å². The van der Waals surface area contributed by atoms with E-state index in [-0.39, 0.29) is 11.7 Å². The van der Waals surface area contributed by atoms with E-state index in [1.54, 1.807) is 4.90 Å². The van der Waals surface area contributed by atoms with Gasteiger partial charge in [0.05, 0.1) is 5.69 Å². The lowest BCUT2D eigenvalue weighted by atomic mass is 10.0. The van der Waals surface area contributed by atoms with Crippen LogP contribution >= 0.6 is 0 Å². The molecule has 130 valence electrons. The summed E-state index contributed by atoms with van der Waals surface area (Å²) in [6, 6.07) is 33.2. The van der Waals surface area contributed by atoms with Crippen LogP contribution in [0.15, 0.2) is 103 Å². The van der Waals surface area contributed by atoms with Crippen LogP contribution in [0.5, 0.6) is 0 Å². The zero-order chi connectivity index (χ0) is 18.6. The minimum absolute atomic E-state index is 0.279. The van der Waals surface area contributed by atoms with E-state index in [0.717, 1.165) is 27.6 Å². The second kappa shape index (κ2) is 7.26. The van der Waals surface area contributed by atoms with Crippen molar-refractivity contribution in [2.75, 3.05) is 4.90 Å². The van der Waals surface area contributed by atoms with Gasteiger partial charge in [0.2, 0.25) is 0 Å². The molecular weight excluding hydrogens is 330 g/mol. The van der Waals surface area contributed by atoms with Gasteiger partial charge in [-0.15, -0.1) is 0 Å². The quantitative estimate of drug-likeness (QED) is 0.362. The molecule has 0 radical (unpaired) electrons. The van der Waals surface area contributed by atoms with Crippen molar-refractivity contribution >= 4 is 28.1 Å². The van der Waals surface area contributed by atoms with Crippen molar-refractivity contribution in [3.63, 3.8) is 0 Å². The molecule has 0 aliphatic heterocycles. The van der Waals surface area contributed by atoms with Crippen LogP contribution in [0.1, 0.15) is 11.1 Å². The monoisotopic (exact) mass is 349 g/mol. The molecule has 3 heteroatoms. The van der Waals surface area contributed by atoms with Crippen LogP contribution in [0.4, 0.5) is 5.69 Å². The van der Waals surface area contributed by atoms with E-state index in [0.29, 0.717) is 0 Å². The highest BCUT2D eigenvalue weighted by Crippen LogP contribution is 2.29. The number of rotatable bonds is 3. The van der Waals surface area contributed by atoms with Crippen LogP contribution < -0.4 is 4.90 Å². The maximum Gasteiger partial charge on any atom is 0.138 e. The third-order valence-electron chi connectivity index (χ3n) is 4.55. The Kier molecular flexibility index (Phi) is 4.50. The third-order valence-corrected chi connectivity index (χ3v) is 4.55. The number of nitrogens with one attached hydrogen (secondary N) is 2. The Labute approximate surface area is 158 Å². The van der Waals surface area contributed by atoms with Crippen LogP contribution in [0.2, 0.25) is 0 Å². The Balaban J connectivity index is 1.90. The number of amidine groups is 2. The van der Waals surface area contributed by atoms with Crippen molar-refractivity contribution < 1.29 is 0 Å². The Morgan fingerprint density at radius 2 is 1.00 bits per heavy atom. The maximum atomic E-state index is 8.86. The van der Waals surface area contributed by atoms with Gasteiger partial charge in [0, 0.05) is 16.5 Å². The predicted octanol–water partition coefficient (Wildman–Crippen LogP) is 5.70. The molecule has 0 heterocycles. The zero-order valence-electron chi connectivity index (χ0n) is 14.8. The summed E-state index contributed by atoms with van der Waals surface area (Å²) in [6.07, 6.45) is 0. The first-order valence-electron chi connectivity index (χ1n) is 8.81. The molecule has 4 rings (SSSR count). The average molecular weight is 349 g/mol. The van der Waals surface area contributed by atoms with Gasteiger partial charge in [-0.3, -0.25) is 15.7 Å². The van der Waals surface area contributed by atoms with Crippen molar-refractivity contribution in [3.05, 3.63) is 114 Å². The fourth-order valence-corrected chi connectivity index (χ4v) is 3.21. The van der Waals surface area contributed by atoms with Crippen molar-refractivity contribution in [2.24, 2.45) is 0 Å². The van der Waals surface area contributed by atoms with Crippen LogP contribution in [0.3, 0.4) is 0 Å². The van der Waals surface area contributed by atoms with Gasteiger partial charge >= 0.3 is 0 Å². The van der Waals surface area contributed by atoms with Crippen molar-refractivity contribution in [1.82, 2.24) is 0 Å². The normalized spacial score (nSPS) is 10.5. The second-order valence-corrected chi connectivity index (χ2v) is 6.26. The summed E-state index contributed by atoms with van der Waals surface area (Å²) in [5.41, 5.74) is 2.37. The summed E-state index contributed by atoms with van der Waals surface area (Å²) in [4.78, 5) is 1.72. The van der Waals surface area contributed by atoms with Gasteiger partial charge in [-0.05, 0) is 11.5 Å². The number of nitrogens with zero attached hydrogens (tertiary/aromatic N) is 1. The summed E-state index contributed by atoms with van der Waals surface area (Å²) in [7, 11) is 0. The molecular formula is C24H19N3. The third kappa shape index (κ3) is 3.23. The van der Waals surface area contributed by atoms with E-state index in [2.05, 4.69) is 12.1 Å². The van der Waals surface area contributed by atoms with Crippen molar-refractivity contribution in [1.29, 1.82) is 10.8 Å². The largest absolute Gasteiger partial charge is 0.284 e. The molecule has 0 saturated heterocycles. The maximum absolute atomic E-state index is 8.86. The molecule has 4 aromatic rings. The smallest absolute Gasteiger partial charge is 0.138 e. The lowest BCUT2D eigenvalue weighted by molar-refractivity contribution is 1.29. The van der Waals surface area contributed by atoms with Gasteiger partial charge in [-0.25, -0.2) is 0 Å². The lowest BCUT2D eigenvalue weighted by Crippen LogP contribution is -2.37. The molecule has 27 heavy (non-hydrogen) atoms. The highest BCUT2D eigenvalue weighted by molar-refractivity contribution is 6.29. The van der Waals surface area contributed by atoms with Gasteiger partial charge in [-0.2, -0.15) is 0 Å². The summed E-state index contributed by atoms with van der Waals surface area (Å²) < 4.78 is 0. The van der Waals surface area contributed by atoms with Crippen LogP contribution in [-0.4, -0.2) is 11.7 Å². The summed E-state index contributed by atoms with van der Waals surface area (Å²) >= 11 is 0. The van der Waals surface area contributed by atoms with Gasteiger partial charge in [-0.1, -0.05) is 97.1 Å². The molecule has 0 aliphatic carbocycles. The predicted molar refractivity (Wildman–Crippen MR) is 113 cm³/mol. The van der Waals surface area contributed by atoms with Crippen LogP contribution in [0.25, 0.3) is 10.8 Å². The number of benzene rings is 4. The highest BCUT2D eigenvalue weighted by atomic mass is 15.2. The molecule has 4 aromatic carbocycles. The fraction of sp³-hybridized carbons (Fsp3) is 0. The van der Waals surface area contributed by atoms with Crippen molar-refractivity contribution in [3.8, 4) is 0 Å². The van der Waals surface area contributed by atoms with Gasteiger partial charge in [0.25, 0.3) is 0 Å². The molecule has 2 N–H and O–H groups in total. The average Bonchev–Trinajstić information content (AvgIpc) is 2.75. The highest BCUT2D eigenvalue weighted by Gasteiger charge is 2.21. The number of fused-ring (bicyclic) bond motifs is 1. The standard InChI is InChI=1S/C24H19N3/c25-23(19-11-3-1-4-12-19)27(24(26)20-13-5-2-6-14-20)22-17-9-15-18-10-7-8-16-21(18)22/h1-17,25-26H. The molecule has 0 bridgehead atoms. The molecule has 0 spiro atoms. The van der Waals surface area contributed by atoms with E-state index in [1.165, 1.54) is 0 Å². The van der Waals surface area contributed by atoms with Crippen LogP contribution in [-0.2, 0) is 0 Å². The summed E-state index contributed by atoms with van der Waals surface area (Å²) in [5, 5.41) is 19.8. The first-order chi connectivity index (χ1) is 13.3. The molecule has 0 saturated carbocycles. The van der Waals surface area contributed by atoms with E-state index < -0.39 is 0 Å². The Morgan fingerprint density at radius 3 is 1.59 bits per heavy atom. The van der Waals surface area contributed by atoms with E-state index >= 15 is 0 Å².